The highest BCUT2D eigenvalue weighted by Crippen LogP contribution is 2.32. The van der Waals surface area contributed by atoms with E-state index in [1.807, 2.05) is 59.2 Å². The zero-order chi connectivity index (χ0) is 25.1. The predicted octanol–water partition coefficient (Wildman–Crippen LogP) is 5.98. The van der Waals surface area contributed by atoms with Crippen LogP contribution in [0.15, 0.2) is 89.8 Å². The van der Waals surface area contributed by atoms with Crippen LogP contribution in [-0.2, 0) is 6.54 Å². The molecule has 0 fully saturated rings. The van der Waals surface area contributed by atoms with Crippen molar-refractivity contribution < 1.29 is 9.50 Å². The minimum Gasteiger partial charge on any atom is -0.510 e. The highest BCUT2D eigenvalue weighted by molar-refractivity contribution is 7.99. The van der Waals surface area contributed by atoms with Crippen LogP contribution in [0.4, 0.5) is 4.39 Å². The number of allylic oxidation sites excluding steroid dienone is 1. The van der Waals surface area contributed by atoms with Gasteiger partial charge in [0, 0.05) is 5.56 Å². The summed E-state index contributed by atoms with van der Waals surface area (Å²) in [6, 6.07) is 25.4. The van der Waals surface area contributed by atoms with Gasteiger partial charge in [-0.25, -0.2) is 9.37 Å². The summed E-state index contributed by atoms with van der Waals surface area (Å²) in [4.78, 5) is 7.55. The third-order valence-electron chi connectivity index (χ3n) is 5.66. The van der Waals surface area contributed by atoms with E-state index in [1.54, 1.807) is 19.1 Å². The zero-order valence-corrected chi connectivity index (χ0v) is 20.1. The third kappa shape index (κ3) is 4.72. The van der Waals surface area contributed by atoms with Gasteiger partial charge in [0.25, 0.3) is 0 Å². The van der Waals surface area contributed by atoms with Crippen molar-refractivity contribution in [3.63, 3.8) is 0 Å². The number of nitriles is 1. The molecule has 7 nitrogen and oxygen atoms in total. The van der Waals surface area contributed by atoms with Gasteiger partial charge in [0.05, 0.1) is 22.8 Å². The Labute approximate surface area is 211 Å². The molecular formula is C27H21FN6OS. The van der Waals surface area contributed by atoms with Gasteiger partial charge in [-0.2, -0.15) is 5.26 Å². The number of nitrogens with one attached hydrogen (secondary N) is 1. The lowest BCUT2D eigenvalue weighted by Crippen LogP contribution is -2.09. The lowest BCUT2D eigenvalue weighted by atomic mass is 10.2. The molecule has 0 amide bonds. The Morgan fingerprint density at radius 3 is 2.50 bits per heavy atom. The molecule has 36 heavy (non-hydrogen) atoms. The monoisotopic (exact) mass is 496 g/mol. The molecule has 0 aliphatic heterocycles. The van der Waals surface area contributed by atoms with Crippen molar-refractivity contribution in [2.24, 2.45) is 0 Å². The number of aromatic nitrogens is 5. The molecule has 0 saturated carbocycles. The fourth-order valence-electron chi connectivity index (χ4n) is 3.82. The first-order chi connectivity index (χ1) is 17.5. The van der Waals surface area contributed by atoms with E-state index in [0.29, 0.717) is 28.9 Å². The van der Waals surface area contributed by atoms with Gasteiger partial charge in [-0.3, -0.25) is 4.57 Å². The Hall–Kier alpha value is -4.42. The molecule has 1 atom stereocenters. The van der Waals surface area contributed by atoms with Crippen LogP contribution in [0.3, 0.4) is 0 Å². The second-order valence-electron chi connectivity index (χ2n) is 8.12. The van der Waals surface area contributed by atoms with Crippen LogP contribution in [0.5, 0.6) is 0 Å². The molecule has 9 heteroatoms. The minimum absolute atomic E-state index is 0.0686. The number of aromatic amines is 1. The zero-order valence-electron chi connectivity index (χ0n) is 19.3. The minimum atomic E-state index is -0.521. The second-order valence-corrected chi connectivity index (χ2v) is 9.43. The summed E-state index contributed by atoms with van der Waals surface area (Å²) in [6.07, 6.45) is 0. The first-order valence-corrected chi connectivity index (χ1v) is 12.1. The molecule has 2 aromatic heterocycles. The highest BCUT2D eigenvalue weighted by atomic mass is 32.2. The van der Waals surface area contributed by atoms with Crippen molar-refractivity contribution in [1.82, 2.24) is 24.7 Å². The summed E-state index contributed by atoms with van der Waals surface area (Å²) >= 11 is 1.28. The number of halogens is 1. The summed E-state index contributed by atoms with van der Waals surface area (Å²) in [5.74, 6) is 0.441. The first kappa shape index (κ1) is 23.3. The maximum atomic E-state index is 13.5. The second kappa shape index (κ2) is 10.1. The van der Waals surface area contributed by atoms with Crippen LogP contribution in [0.2, 0.25) is 0 Å². The number of hydrogen-bond donors (Lipinski definition) is 2. The fourth-order valence-corrected chi connectivity index (χ4v) is 4.73. The molecule has 0 bridgehead atoms. The molecule has 0 aliphatic carbocycles. The van der Waals surface area contributed by atoms with Gasteiger partial charge in [-0.05, 0) is 48.9 Å². The number of nitrogens with zero attached hydrogens (tertiary/aromatic N) is 5. The van der Waals surface area contributed by atoms with Gasteiger partial charge in [0.15, 0.2) is 16.8 Å². The summed E-state index contributed by atoms with van der Waals surface area (Å²) < 4.78 is 15.4. The van der Waals surface area contributed by atoms with Gasteiger partial charge in [0.1, 0.15) is 23.2 Å². The first-order valence-electron chi connectivity index (χ1n) is 11.2. The van der Waals surface area contributed by atoms with Crippen molar-refractivity contribution in [2.45, 2.75) is 23.9 Å². The van der Waals surface area contributed by atoms with Crippen LogP contribution in [-0.4, -0.2) is 35.1 Å². The van der Waals surface area contributed by atoms with Crippen molar-refractivity contribution in [3.8, 4) is 17.5 Å². The smallest absolute Gasteiger partial charge is 0.192 e. The lowest BCUT2D eigenvalue weighted by Gasteiger charge is -2.14. The molecule has 3 aromatic carbocycles. The fraction of sp³-hybridized carbons (Fsp3) is 0.111. The summed E-state index contributed by atoms with van der Waals surface area (Å²) in [6.45, 7) is 2.27. The van der Waals surface area contributed by atoms with E-state index < -0.39 is 5.25 Å². The molecule has 178 valence electrons. The van der Waals surface area contributed by atoms with Gasteiger partial charge >= 0.3 is 0 Å². The van der Waals surface area contributed by atoms with Crippen LogP contribution >= 0.6 is 11.8 Å². The summed E-state index contributed by atoms with van der Waals surface area (Å²) in [5, 5.41) is 29.6. The van der Waals surface area contributed by atoms with Crippen LogP contribution in [0.25, 0.3) is 28.0 Å². The standard InChI is InChI=1S/C27H21FN6OS/c1-17(24(35)21(15-29)25-30-22-9-5-6-10-23(22)31-25)36-27-33-32-26(19-11-13-20(28)14-12-19)34(27)16-18-7-3-2-4-8-18/h2-14,17,35H,16H2,1H3,(H,30,31)/b24-21-. The van der Waals surface area contributed by atoms with E-state index in [2.05, 4.69) is 26.2 Å². The molecule has 0 radical (unpaired) electrons. The van der Waals surface area contributed by atoms with E-state index >= 15 is 0 Å². The topological polar surface area (TPSA) is 103 Å². The molecule has 5 aromatic rings. The maximum absolute atomic E-state index is 13.5. The number of thioether (sulfide) groups is 1. The molecule has 0 aliphatic rings. The predicted molar refractivity (Wildman–Crippen MR) is 138 cm³/mol. The number of rotatable bonds is 7. The SMILES string of the molecule is CC(Sc1nnc(-c2ccc(F)cc2)n1Cc1ccccc1)/C(O)=C(\C#N)c1nc2ccccc2[nH]1. The van der Waals surface area contributed by atoms with Gasteiger partial charge in [-0.15, -0.1) is 10.2 Å². The quantitative estimate of drug-likeness (QED) is 0.163. The van der Waals surface area contributed by atoms with Gasteiger partial charge in [0.2, 0.25) is 0 Å². The average molecular weight is 497 g/mol. The Morgan fingerprint density at radius 2 is 1.78 bits per heavy atom. The van der Waals surface area contributed by atoms with Gasteiger partial charge < -0.3 is 10.1 Å². The van der Waals surface area contributed by atoms with E-state index in [4.69, 9.17) is 0 Å². The number of para-hydroxylation sites is 2. The normalized spacial score (nSPS) is 12.8. The Bertz CT molecular complexity index is 1550. The van der Waals surface area contributed by atoms with E-state index in [-0.39, 0.29) is 17.1 Å². The van der Waals surface area contributed by atoms with Crippen LogP contribution < -0.4 is 0 Å². The van der Waals surface area contributed by atoms with Crippen molar-refractivity contribution in [2.75, 3.05) is 0 Å². The number of benzene rings is 3. The van der Waals surface area contributed by atoms with Crippen molar-refractivity contribution >= 4 is 28.4 Å². The largest absolute Gasteiger partial charge is 0.510 e. The molecule has 0 saturated heterocycles. The van der Waals surface area contributed by atoms with Crippen molar-refractivity contribution in [3.05, 3.63) is 102 Å². The summed E-state index contributed by atoms with van der Waals surface area (Å²) in [7, 11) is 0. The van der Waals surface area contributed by atoms with E-state index in [9.17, 15) is 14.8 Å². The van der Waals surface area contributed by atoms with E-state index in [1.165, 1.54) is 23.9 Å². The molecule has 0 spiro atoms. The van der Waals surface area contributed by atoms with Gasteiger partial charge in [-0.1, -0.05) is 54.2 Å². The summed E-state index contributed by atoms with van der Waals surface area (Å²) in [5.41, 5.74) is 3.31. The van der Waals surface area contributed by atoms with Crippen molar-refractivity contribution in [1.29, 1.82) is 5.26 Å². The van der Waals surface area contributed by atoms with E-state index in [0.717, 1.165) is 16.6 Å². The number of hydrogen-bond acceptors (Lipinski definition) is 6. The molecule has 1 unspecified atom stereocenters. The molecule has 2 N–H and O–H groups in total. The Kier molecular flexibility index (Phi) is 6.52. The molecule has 2 heterocycles. The third-order valence-corrected chi connectivity index (χ3v) is 6.75. The number of H-pyrrole nitrogens is 1. The number of aliphatic hydroxyl groups excluding tert-OH is 1. The average Bonchev–Trinajstić information content (AvgIpc) is 3.49. The molecule has 5 rings (SSSR count). The van der Waals surface area contributed by atoms with Crippen LogP contribution in [0, 0.1) is 17.1 Å². The highest BCUT2D eigenvalue weighted by Gasteiger charge is 2.23. The molecular weight excluding hydrogens is 475 g/mol. The maximum Gasteiger partial charge on any atom is 0.192 e. The lowest BCUT2D eigenvalue weighted by molar-refractivity contribution is 0.401. The number of fused-ring (bicyclic) bond motifs is 1. The Morgan fingerprint density at radius 1 is 1.06 bits per heavy atom. The van der Waals surface area contributed by atoms with Crippen LogP contribution in [0.1, 0.15) is 18.3 Å². The number of imidazole rings is 1. The number of aliphatic hydroxyl groups is 1. The Balaban J connectivity index is 1.50.